The van der Waals surface area contributed by atoms with Gasteiger partial charge in [-0.05, 0) is 27.7 Å². The van der Waals surface area contributed by atoms with E-state index in [0.717, 1.165) is 13.1 Å². The Morgan fingerprint density at radius 1 is 1.12 bits per heavy atom. The Morgan fingerprint density at radius 2 is 1.71 bits per heavy atom. The van der Waals surface area contributed by atoms with Crippen LogP contribution in [0.1, 0.15) is 27.7 Å². The van der Waals surface area contributed by atoms with Crippen LogP contribution in [0.25, 0.3) is 0 Å². The maximum absolute atomic E-state index is 5.35. The maximum atomic E-state index is 5.35. The number of nitrogen functional groups attached to an aromatic ring is 1. The number of hydrazine groups is 1. The number of hydrogen-bond donors (Lipinski definition) is 3. The van der Waals surface area contributed by atoms with Crippen LogP contribution in [-0.2, 0) is 0 Å². The molecule has 0 atom stereocenters. The van der Waals surface area contributed by atoms with Crippen LogP contribution in [0.5, 0.6) is 0 Å². The summed E-state index contributed by atoms with van der Waals surface area (Å²) < 4.78 is 0. The Hall–Kier alpha value is -1.63. The lowest BCUT2D eigenvalue weighted by Gasteiger charge is -2.19. The minimum atomic E-state index is 0.257. The van der Waals surface area contributed by atoms with Gasteiger partial charge in [-0.3, -0.25) is 5.43 Å². The van der Waals surface area contributed by atoms with E-state index in [2.05, 4.69) is 39.5 Å². The van der Waals surface area contributed by atoms with Crippen LogP contribution in [0.2, 0.25) is 0 Å². The molecule has 96 valence electrons. The quantitative estimate of drug-likeness (QED) is 0.500. The Bertz CT molecular complexity index is 349. The second-order valence-corrected chi connectivity index (χ2v) is 3.90. The first-order chi connectivity index (χ1) is 8.10. The molecular weight excluding hydrogens is 218 g/mol. The third-order valence-electron chi connectivity index (χ3n) is 2.22. The lowest BCUT2D eigenvalue weighted by atomic mass is 10.4. The van der Waals surface area contributed by atoms with Gasteiger partial charge in [0.1, 0.15) is 0 Å². The van der Waals surface area contributed by atoms with Crippen molar-refractivity contribution in [2.24, 2.45) is 5.84 Å². The van der Waals surface area contributed by atoms with Crippen LogP contribution >= 0.6 is 0 Å². The van der Waals surface area contributed by atoms with Crippen LogP contribution < -0.4 is 21.5 Å². The van der Waals surface area contributed by atoms with E-state index < -0.39 is 0 Å². The second kappa shape index (κ2) is 6.19. The van der Waals surface area contributed by atoms with Gasteiger partial charge in [-0.15, -0.1) is 0 Å². The fourth-order valence-electron chi connectivity index (χ4n) is 1.40. The van der Waals surface area contributed by atoms with Crippen molar-refractivity contribution >= 4 is 17.8 Å². The number of anilines is 3. The normalized spacial score (nSPS) is 10.5. The lowest BCUT2D eigenvalue weighted by molar-refractivity contribution is 0.803. The minimum Gasteiger partial charge on any atom is -0.352 e. The van der Waals surface area contributed by atoms with Crippen molar-refractivity contribution in [3.63, 3.8) is 0 Å². The summed E-state index contributed by atoms with van der Waals surface area (Å²) in [5.74, 6) is 6.88. The maximum Gasteiger partial charge on any atom is 0.243 e. The fraction of sp³-hybridized carbons (Fsp3) is 0.700. The molecule has 7 heteroatoms. The van der Waals surface area contributed by atoms with Crippen molar-refractivity contribution in [2.45, 2.75) is 33.7 Å². The fourth-order valence-corrected chi connectivity index (χ4v) is 1.40. The third-order valence-corrected chi connectivity index (χ3v) is 2.22. The number of nitrogens with zero attached hydrogens (tertiary/aromatic N) is 4. The van der Waals surface area contributed by atoms with Crippen LogP contribution in [0, 0.1) is 0 Å². The Balaban J connectivity index is 3.03. The average molecular weight is 239 g/mol. The standard InChI is InChI=1S/C10H21N7/c1-5-17(6-2)10-14-8(12-7(3)4)13-9(15-10)16-11/h7H,5-6,11H2,1-4H3,(H2,12,13,14,15,16). The van der Waals surface area contributed by atoms with Crippen molar-refractivity contribution in [3.8, 4) is 0 Å². The predicted molar refractivity (Wildman–Crippen MR) is 70.0 cm³/mol. The Labute approximate surface area is 102 Å². The summed E-state index contributed by atoms with van der Waals surface area (Å²) in [4.78, 5) is 14.8. The molecule has 1 aromatic heterocycles. The molecule has 0 radical (unpaired) electrons. The topological polar surface area (TPSA) is 92.0 Å². The van der Waals surface area contributed by atoms with Gasteiger partial charge in [0.05, 0.1) is 0 Å². The van der Waals surface area contributed by atoms with Crippen LogP contribution in [-0.4, -0.2) is 34.1 Å². The first-order valence-corrected chi connectivity index (χ1v) is 5.84. The number of nitrogens with one attached hydrogen (secondary N) is 2. The summed E-state index contributed by atoms with van der Waals surface area (Å²) in [7, 11) is 0. The van der Waals surface area contributed by atoms with Crippen molar-refractivity contribution in [2.75, 3.05) is 28.7 Å². The van der Waals surface area contributed by atoms with E-state index in [1.807, 2.05) is 18.7 Å². The summed E-state index contributed by atoms with van der Waals surface area (Å²) >= 11 is 0. The Kier molecular flexibility index (Phi) is 4.89. The van der Waals surface area contributed by atoms with Crippen LogP contribution in [0.4, 0.5) is 17.8 Å². The lowest BCUT2D eigenvalue weighted by Crippen LogP contribution is -2.26. The summed E-state index contributed by atoms with van der Waals surface area (Å²) in [5, 5.41) is 3.14. The molecule has 4 N–H and O–H groups in total. The van der Waals surface area contributed by atoms with E-state index in [4.69, 9.17) is 5.84 Å². The molecule has 0 unspecified atom stereocenters. The second-order valence-electron chi connectivity index (χ2n) is 3.90. The van der Waals surface area contributed by atoms with E-state index in [1.165, 1.54) is 0 Å². The van der Waals surface area contributed by atoms with E-state index in [0.29, 0.717) is 17.8 Å². The van der Waals surface area contributed by atoms with Gasteiger partial charge in [-0.2, -0.15) is 15.0 Å². The zero-order valence-electron chi connectivity index (χ0n) is 10.9. The number of aromatic nitrogens is 3. The van der Waals surface area contributed by atoms with E-state index in [9.17, 15) is 0 Å². The molecule has 17 heavy (non-hydrogen) atoms. The third kappa shape index (κ3) is 3.70. The predicted octanol–water partition coefficient (Wildman–Crippen LogP) is 0.824. The van der Waals surface area contributed by atoms with Gasteiger partial charge in [-0.1, -0.05) is 0 Å². The van der Waals surface area contributed by atoms with Crippen LogP contribution in [0.3, 0.4) is 0 Å². The van der Waals surface area contributed by atoms with Gasteiger partial charge < -0.3 is 10.2 Å². The molecule has 1 rings (SSSR count). The first-order valence-electron chi connectivity index (χ1n) is 5.84. The SMILES string of the molecule is CCN(CC)c1nc(NN)nc(NC(C)C)n1. The molecule has 0 aliphatic heterocycles. The highest BCUT2D eigenvalue weighted by atomic mass is 15.4. The summed E-state index contributed by atoms with van der Waals surface area (Å²) in [5.41, 5.74) is 2.46. The summed E-state index contributed by atoms with van der Waals surface area (Å²) in [6.45, 7) is 9.83. The number of hydrogen-bond acceptors (Lipinski definition) is 7. The largest absolute Gasteiger partial charge is 0.352 e. The van der Waals surface area contributed by atoms with Crippen molar-refractivity contribution in [1.29, 1.82) is 0 Å². The monoisotopic (exact) mass is 239 g/mol. The molecule has 0 fully saturated rings. The highest BCUT2D eigenvalue weighted by Gasteiger charge is 2.10. The van der Waals surface area contributed by atoms with Crippen molar-refractivity contribution in [3.05, 3.63) is 0 Å². The molecule has 0 aliphatic rings. The van der Waals surface area contributed by atoms with Gasteiger partial charge in [0, 0.05) is 19.1 Å². The molecule has 0 aliphatic carbocycles. The molecular formula is C10H21N7. The number of rotatable bonds is 6. The van der Waals surface area contributed by atoms with Crippen molar-refractivity contribution < 1.29 is 0 Å². The smallest absolute Gasteiger partial charge is 0.243 e. The van der Waals surface area contributed by atoms with E-state index >= 15 is 0 Å². The summed E-state index contributed by atoms with van der Waals surface area (Å²) in [6, 6.07) is 0.257. The molecule has 0 spiro atoms. The molecule has 0 saturated heterocycles. The van der Waals surface area contributed by atoms with Crippen LogP contribution in [0.15, 0.2) is 0 Å². The highest BCUT2D eigenvalue weighted by Crippen LogP contribution is 2.13. The molecule has 0 bridgehead atoms. The Morgan fingerprint density at radius 3 is 2.18 bits per heavy atom. The minimum absolute atomic E-state index is 0.257. The van der Waals surface area contributed by atoms with Crippen molar-refractivity contribution in [1.82, 2.24) is 15.0 Å². The first kappa shape index (κ1) is 13.4. The molecule has 0 amide bonds. The van der Waals surface area contributed by atoms with E-state index in [1.54, 1.807) is 0 Å². The molecule has 0 aromatic carbocycles. The van der Waals surface area contributed by atoms with Gasteiger partial charge >= 0.3 is 0 Å². The summed E-state index contributed by atoms with van der Waals surface area (Å²) in [6.07, 6.45) is 0. The zero-order chi connectivity index (χ0) is 12.8. The average Bonchev–Trinajstić information content (AvgIpc) is 2.29. The zero-order valence-corrected chi connectivity index (χ0v) is 10.9. The number of nitrogens with two attached hydrogens (primary N) is 1. The van der Waals surface area contributed by atoms with Gasteiger partial charge in [0.15, 0.2) is 0 Å². The van der Waals surface area contributed by atoms with E-state index in [-0.39, 0.29) is 6.04 Å². The van der Waals surface area contributed by atoms with Gasteiger partial charge in [0.2, 0.25) is 17.8 Å². The molecule has 0 saturated carbocycles. The highest BCUT2D eigenvalue weighted by molar-refractivity contribution is 5.43. The van der Waals surface area contributed by atoms with Gasteiger partial charge in [-0.25, -0.2) is 5.84 Å². The van der Waals surface area contributed by atoms with Gasteiger partial charge in [0.25, 0.3) is 0 Å². The molecule has 7 nitrogen and oxygen atoms in total. The molecule has 1 heterocycles. The molecule has 1 aromatic rings.